The Bertz CT molecular complexity index is 486. The molecule has 3 N–H and O–H groups in total. The molecule has 6 heteroatoms. The number of hydrogen-bond donors (Lipinski definition) is 2. The maximum absolute atomic E-state index is 12.5. The number of carbonyl (C=O) groups excluding carboxylic acids is 1. The van der Waals surface area contributed by atoms with Gasteiger partial charge in [-0.05, 0) is 52.7 Å². The van der Waals surface area contributed by atoms with Crippen molar-refractivity contribution in [3.8, 4) is 0 Å². The second-order valence-corrected chi connectivity index (χ2v) is 6.69. The summed E-state index contributed by atoms with van der Waals surface area (Å²) in [5.74, 6) is -0.0338. The van der Waals surface area contributed by atoms with Gasteiger partial charge in [-0.2, -0.15) is 5.10 Å². The van der Waals surface area contributed by atoms with Crippen molar-refractivity contribution >= 4 is 5.91 Å². The number of likely N-dealkylation sites (tertiary alicyclic amines) is 1. The van der Waals surface area contributed by atoms with Crippen molar-refractivity contribution in [3.63, 3.8) is 0 Å². The first-order chi connectivity index (χ1) is 11.0. The number of likely N-dealkylation sites (N-methyl/N-ethyl adjacent to an activating group) is 1. The van der Waals surface area contributed by atoms with E-state index in [1.54, 1.807) is 4.90 Å². The molecule has 130 valence electrons. The van der Waals surface area contributed by atoms with E-state index in [0.717, 1.165) is 36.5 Å². The Balaban J connectivity index is 1.80. The average molecular weight is 321 g/mol. The third-order valence-electron chi connectivity index (χ3n) is 4.80. The van der Waals surface area contributed by atoms with Crippen molar-refractivity contribution < 1.29 is 4.79 Å². The molecule has 6 nitrogen and oxygen atoms in total. The number of aromatic amines is 1. The van der Waals surface area contributed by atoms with Gasteiger partial charge in [-0.3, -0.25) is 9.89 Å². The molecule has 0 bridgehead atoms. The maximum Gasteiger partial charge on any atom is 0.243 e. The Kier molecular flexibility index (Phi) is 6.59. The second-order valence-electron chi connectivity index (χ2n) is 6.69. The quantitative estimate of drug-likeness (QED) is 0.837. The predicted octanol–water partition coefficient (Wildman–Crippen LogP) is 1.75. The predicted molar refractivity (Wildman–Crippen MR) is 92.2 cm³/mol. The number of hydrogen-bond acceptors (Lipinski definition) is 4. The summed E-state index contributed by atoms with van der Waals surface area (Å²) in [6.45, 7) is 8.00. The minimum absolute atomic E-state index is 0.0338. The van der Waals surface area contributed by atoms with Gasteiger partial charge < -0.3 is 15.5 Å². The van der Waals surface area contributed by atoms with Crippen LogP contribution in [0.3, 0.4) is 0 Å². The van der Waals surface area contributed by atoms with Gasteiger partial charge >= 0.3 is 0 Å². The number of nitrogens with zero attached hydrogens (tertiary/aromatic N) is 3. The van der Waals surface area contributed by atoms with E-state index in [0.29, 0.717) is 0 Å². The highest BCUT2D eigenvalue weighted by atomic mass is 16.2. The zero-order chi connectivity index (χ0) is 16.8. The molecule has 1 saturated heterocycles. The molecule has 1 amide bonds. The zero-order valence-electron chi connectivity index (χ0n) is 14.8. The summed E-state index contributed by atoms with van der Waals surface area (Å²) in [6, 6.07) is -0.628. The lowest BCUT2D eigenvalue weighted by Crippen LogP contribution is -2.38. The van der Waals surface area contributed by atoms with E-state index in [1.807, 2.05) is 20.9 Å². The fraction of sp³-hybridized carbons (Fsp3) is 0.765. The molecule has 0 aromatic carbocycles. The van der Waals surface area contributed by atoms with Crippen LogP contribution in [0.1, 0.15) is 55.1 Å². The van der Waals surface area contributed by atoms with Crippen molar-refractivity contribution in [1.82, 2.24) is 20.0 Å². The fourth-order valence-corrected chi connectivity index (χ4v) is 3.38. The number of rotatable bonds is 6. The largest absolute Gasteiger partial charge is 0.344 e. The topological polar surface area (TPSA) is 78.2 Å². The second kappa shape index (κ2) is 8.45. The molecule has 1 aromatic heterocycles. The normalized spacial score (nSPS) is 17.7. The molecule has 1 aliphatic heterocycles. The average Bonchev–Trinajstić information content (AvgIpc) is 2.73. The van der Waals surface area contributed by atoms with Crippen molar-refractivity contribution in [3.05, 3.63) is 17.0 Å². The highest BCUT2D eigenvalue weighted by Gasteiger charge is 2.24. The molecule has 1 aliphatic rings. The number of nitrogens with two attached hydrogens (primary N) is 1. The van der Waals surface area contributed by atoms with Crippen LogP contribution in [0.2, 0.25) is 0 Å². The molecule has 0 radical (unpaired) electrons. The molecule has 1 unspecified atom stereocenters. The summed E-state index contributed by atoms with van der Waals surface area (Å²) in [5.41, 5.74) is 8.67. The van der Waals surface area contributed by atoms with Crippen LogP contribution in [0.5, 0.6) is 0 Å². The maximum atomic E-state index is 12.5. The van der Waals surface area contributed by atoms with Crippen molar-refractivity contribution in [2.24, 2.45) is 5.73 Å². The van der Waals surface area contributed by atoms with Crippen LogP contribution >= 0.6 is 0 Å². The van der Waals surface area contributed by atoms with Crippen LogP contribution in [0.15, 0.2) is 0 Å². The number of carbonyl (C=O) groups is 1. The molecular weight excluding hydrogens is 290 g/mol. The summed E-state index contributed by atoms with van der Waals surface area (Å²) in [5, 5.41) is 7.03. The Morgan fingerprint density at radius 2 is 1.96 bits per heavy atom. The lowest BCUT2D eigenvalue weighted by Gasteiger charge is -2.24. The van der Waals surface area contributed by atoms with Crippen LogP contribution < -0.4 is 5.73 Å². The van der Waals surface area contributed by atoms with E-state index in [1.165, 1.54) is 38.8 Å². The van der Waals surface area contributed by atoms with Gasteiger partial charge in [0.2, 0.25) is 5.91 Å². The molecule has 1 aromatic rings. The van der Waals surface area contributed by atoms with Crippen molar-refractivity contribution in [1.29, 1.82) is 0 Å². The number of H-pyrrole nitrogens is 1. The lowest BCUT2D eigenvalue weighted by atomic mass is 10.0. The van der Waals surface area contributed by atoms with E-state index in [9.17, 15) is 4.79 Å². The fourth-order valence-electron chi connectivity index (χ4n) is 3.38. The Hall–Kier alpha value is -1.40. The summed E-state index contributed by atoms with van der Waals surface area (Å²) in [4.78, 5) is 16.8. The van der Waals surface area contributed by atoms with Gasteiger partial charge in [0, 0.05) is 24.8 Å². The van der Waals surface area contributed by atoms with Gasteiger partial charge in [0.1, 0.15) is 6.04 Å². The van der Waals surface area contributed by atoms with E-state index < -0.39 is 6.04 Å². The number of amides is 1. The first-order valence-corrected chi connectivity index (χ1v) is 8.75. The minimum Gasteiger partial charge on any atom is -0.344 e. The smallest absolute Gasteiger partial charge is 0.243 e. The van der Waals surface area contributed by atoms with Crippen LogP contribution in [0.4, 0.5) is 0 Å². The van der Waals surface area contributed by atoms with E-state index in [-0.39, 0.29) is 5.91 Å². The lowest BCUT2D eigenvalue weighted by molar-refractivity contribution is -0.131. The van der Waals surface area contributed by atoms with Crippen LogP contribution in [-0.2, 0) is 4.79 Å². The summed E-state index contributed by atoms with van der Waals surface area (Å²) >= 11 is 0. The number of aromatic nitrogens is 2. The summed E-state index contributed by atoms with van der Waals surface area (Å²) < 4.78 is 0. The standard InChI is InChI=1S/C17H31N5O/c1-13-15(14(2)20-19-13)16(18)17(23)21(3)9-8-12-22-10-6-4-5-7-11-22/h16H,4-12,18H2,1-3H3,(H,19,20). The van der Waals surface area contributed by atoms with Crippen LogP contribution in [-0.4, -0.2) is 59.1 Å². The first kappa shape index (κ1) is 17.9. The van der Waals surface area contributed by atoms with E-state index in [4.69, 9.17) is 5.73 Å². The van der Waals surface area contributed by atoms with Crippen molar-refractivity contribution in [2.75, 3.05) is 33.2 Å². The SMILES string of the molecule is Cc1n[nH]c(C)c1C(N)C(=O)N(C)CCCN1CCCCCC1. The van der Waals surface area contributed by atoms with Gasteiger partial charge in [0.25, 0.3) is 0 Å². The van der Waals surface area contributed by atoms with Gasteiger partial charge in [0.15, 0.2) is 0 Å². The van der Waals surface area contributed by atoms with E-state index >= 15 is 0 Å². The van der Waals surface area contributed by atoms with E-state index in [2.05, 4.69) is 15.1 Å². The molecule has 1 atom stereocenters. The van der Waals surface area contributed by atoms with Crippen molar-refractivity contribution in [2.45, 2.75) is 52.0 Å². The van der Waals surface area contributed by atoms with Gasteiger partial charge in [-0.15, -0.1) is 0 Å². The Labute approximate surface area is 139 Å². The molecule has 0 saturated carbocycles. The highest BCUT2D eigenvalue weighted by Crippen LogP contribution is 2.19. The Morgan fingerprint density at radius 3 is 2.52 bits per heavy atom. The minimum atomic E-state index is -0.628. The van der Waals surface area contributed by atoms with Gasteiger partial charge in [0.05, 0.1) is 5.69 Å². The zero-order valence-corrected chi connectivity index (χ0v) is 14.8. The highest BCUT2D eigenvalue weighted by molar-refractivity contribution is 5.83. The number of aryl methyl sites for hydroxylation is 2. The number of nitrogens with one attached hydrogen (secondary N) is 1. The van der Waals surface area contributed by atoms with Crippen LogP contribution in [0.25, 0.3) is 0 Å². The molecular formula is C17H31N5O. The summed E-state index contributed by atoms with van der Waals surface area (Å²) in [7, 11) is 1.84. The molecule has 2 heterocycles. The third-order valence-corrected chi connectivity index (χ3v) is 4.80. The monoisotopic (exact) mass is 321 g/mol. The molecule has 0 spiro atoms. The Morgan fingerprint density at radius 1 is 1.30 bits per heavy atom. The third kappa shape index (κ3) is 4.78. The summed E-state index contributed by atoms with van der Waals surface area (Å²) in [6.07, 6.45) is 6.32. The molecule has 0 aliphatic carbocycles. The molecule has 2 rings (SSSR count). The molecule has 1 fully saturated rings. The first-order valence-electron chi connectivity index (χ1n) is 8.75. The van der Waals surface area contributed by atoms with Gasteiger partial charge in [-0.1, -0.05) is 12.8 Å². The molecule has 23 heavy (non-hydrogen) atoms. The van der Waals surface area contributed by atoms with Gasteiger partial charge in [-0.25, -0.2) is 0 Å². The van der Waals surface area contributed by atoms with Crippen LogP contribution in [0, 0.1) is 13.8 Å².